The van der Waals surface area contributed by atoms with Gasteiger partial charge in [0.05, 0.1) is 6.61 Å². The van der Waals surface area contributed by atoms with Crippen LogP contribution in [-0.4, -0.2) is 20.5 Å². The molecule has 1 saturated carbocycles. The van der Waals surface area contributed by atoms with E-state index < -0.39 is 0 Å². The smallest absolute Gasteiger partial charge is 0.188 e. The van der Waals surface area contributed by atoms with E-state index in [0.717, 1.165) is 24.5 Å². The highest BCUT2D eigenvalue weighted by molar-refractivity contribution is 5.53. The summed E-state index contributed by atoms with van der Waals surface area (Å²) in [6, 6.07) is 6.02. The van der Waals surface area contributed by atoms with E-state index in [4.69, 9.17) is 14.2 Å². The van der Waals surface area contributed by atoms with Gasteiger partial charge in [-0.15, -0.1) is 0 Å². The van der Waals surface area contributed by atoms with Crippen LogP contribution in [0, 0.1) is 0 Å². The zero-order valence-electron chi connectivity index (χ0n) is 9.49. The van der Waals surface area contributed by atoms with E-state index in [9.17, 15) is 0 Å². The van der Waals surface area contributed by atoms with Crippen LogP contribution in [0.3, 0.4) is 0 Å². The van der Waals surface area contributed by atoms with Gasteiger partial charge in [-0.1, -0.05) is 6.07 Å². The molecule has 3 nitrogen and oxygen atoms in total. The second kappa shape index (κ2) is 3.67. The maximum atomic E-state index is 5.70. The molecule has 1 aromatic rings. The quantitative estimate of drug-likeness (QED) is 0.732. The van der Waals surface area contributed by atoms with E-state index in [1.807, 2.05) is 18.2 Å². The van der Waals surface area contributed by atoms with Gasteiger partial charge in [0.25, 0.3) is 0 Å². The topological polar surface area (TPSA) is 27.7 Å². The van der Waals surface area contributed by atoms with Crippen molar-refractivity contribution >= 4 is 0 Å². The van der Waals surface area contributed by atoms with Crippen molar-refractivity contribution in [2.24, 2.45) is 0 Å². The van der Waals surface area contributed by atoms with Crippen molar-refractivity contribution < 1.29 is 14.2 Å². The van der Waals surface area contributed by atoms with Crippen molar-refractivity contribution in [1.82, 2.24) is 0 Å². The molecule has 1 spiro atoms. The molecule has 0 amide bonds. The Bertz CT molecular complexity index is 396. The molecular formula is C13H16O3. The first kappa shape index (κ1) is 9.97. The minimum atomic E-state index is 0.298. The van der Waals surface area contributed by atoms with E-state index >= 15 is 0 Å². The first-order chi connectivity index (χ1) is 7.86. The molecule has 0 saturated heterocycles. The predicted molar refractivity (Wildman–Crippen MR) is 60.0 cm³/mol. The summed E-state index contributed by atoms with van der Waals surface area (Å²) >= 11 is 0. The molecule has 0 N–H and O–H groups in total. The summed E-state index contributed by atoms with van der Waals surface area (Å²) in [6.07, 6.45) is 3.64. The summed E-state index contributed by atoms with van der Waals surface area (Å²) < 4.78 is 16.3. The zero-order valence-corrected chi connectivity index (χ0v) is 9.49. The summed E-state index contributed by atoms with van der Waals surface area (Å²) in [5.74, 6) is 1.92. The van der Waals surface area contributed by atoms with Crippen LogP contribution in [-0.2, 0) is 10.2 Å². The van der Waals surface area contributed by atoms with Crippen molar-refractivity contribution in [2.75, 3.05) is 20.5 Å². The molecule has 3 rings (SSSR count). The third kappa shape index (κ3) is 1.47. The van der Waals surface area contributed by atoms with Gasteiger partial charge in [-0.2, -0.15) is 0 Å². The maximum absolute atomic E-state index is 5.70. The lowest BCUT2D eigenvalue weighted by molar-refractivity contribution is 0.0492. The Kier molecular flexibility index (Phi) is 2.28. The summed E-state index contributed by atoms with van der Waals surface area (Å²) in [7, 11) is 1.64. The molecular weight excluding hydrogens is 204 g/mol. The number of hydrogen-bond acceptors (Lipinski definition) is 3. The molecule has 1 aliphatic heterocycles. The van der Waals surface area contributed by atoms with Crippen LogP contribution in [0.15, 0.2) is 18.2 Å². The fraction of sp³-hybridized carbons (Fsp3) is 0.538. The molecule has 16 heavy (non-hydrogen) atoms. The molecule has 86 valence electrons. The van der Waals surface area contributed by atoms with Crippen molar-refractivity contribution in [1.29, 1.82) is 0 Å². The minimum absolute atomic E-state index is 0.298. The number of hydrogen-bond donors (Lipinski definition) is 0. The van der Waals surface area contributed by atoms with Crippen LogP contribution >= 0.6 is 0 Å². The summed E-state index contributed by atoms with van der Waals surface area (Å²) in [6.45, 7) is 1.13. The van der Waals surface area contributed by atoms with Gasteiger partial charge in [0.2, 0.25) is 0 Å². The van der Waals surface area contributed by atoms with Crippen LogP contribution in [0.2, 0.25) is 0 Å². The number of ether oxygens (including phenoxy) is 3. The number of benzene rings is 1. The Labute approximate surface area is 95.3 Å². The molecule has 2 aliphatic rings. The van der Waals surface area contributed by atoms with Crippen LogP contribution in [0.4, 0.5) is 0 Å². The SMILES string of the molecule is COCOc1cccc2c1C1(CCO2)CC1. The fourth-order valence-corrected chi connectivity index (χ4v) is 2.53. The average molecular weight is 220 g/mol. The van der Waals surface area contributed by atoms with E-state index in [0.29, 0.717) is 12.2 Å². The third-order valence-corrected chi connectivity index (χ3v) is 3.54. The summed E-state index contributed by atoms with van der Waals surface area (Å²) in [5.41, 5.74) is 1.61. The van der Waals surface area contributed by atoms with Crippen LogP contribution in [0.5, 0.6) is 11.5 Å². The molecule has 0 atom stereocenters. The highest BCUT2D eigenvalue weighted by atomic mass is 16.7. The van der Waals surface area contributed by atoms with Crippen LogP contribution in [0.25, 0.3) is 0 Å². The highest BCUT2D eigenvalue weighted by Gasteiger charge is 2.49. The number of methoxy groups -OCH3 is 1. The van der Waals surface area contributed by atoms with Crippen LogP contribution < -0.4 is 9.47 Å². The lowest BCUT2D eigenvalue weighted by Gasteiger charge is -2.27. The molecule has 3 heteroatoms. The average Bonchev–Trinajstić information content (AvgIpc) is 3.07. The standard InChI is InChI=1S/C13H16O3/c1-14-9-16-11-4-2-3-10-12(11)13(5-6-13)7-8-15-10/h2-4H,5-9H2,1H3. The Balaban J connectivity index is 1.99. The first-order valence-electron chi connectivity index (χ1n) is 5.74. The monoisotopic (exact) mass is 220 g/mol. The second-order valence-electron chi connectivity index (χ2n) is 4.56. The fourth-order valence-electron chi connectivity index (χ4n) is 2.53. The van der Waals surface area contributed by atoms with E-state index in [-0.39, 0.29) is 0 Å². The van der Waals surface area contributed by atoms with Crippen molar-refractivity contribution in [3.63, 3.8) is 0 Å². The van der Waals surface area contributed by atoms with E-state index in [1.165, 1.54) is 18.4 Å². The van der Waals surface area contributed by atoms with E-state index in [1.54, 1.807) is 7.11 Å². The van der Waals surface area contributed by atoms with Crippen molar-refractivity contribution in [3.05, 3.63) is 23.8 Å². The van der Waals surface area contributed by atoms with Gasteiger partial charge >= 0.3 is 0 Å². The Morgan fingerprint density at radius 3 is 2.94 bits per heavy atom. The lowest BCUT2D eigenvalue weighted by atomic mass is 9.89. The van der Waals surface area contributed by atoms with Gasteiger partial charge in [0.15, 0.2) is 6.79 Å². The maximum Gasteiger partial charge on any atom is 0.188 e. The Morgan fingerprint density at radius 1 is 1.31 bits per heavy atom. The predicted octanol–water partition coefficient (Wildman–Crippen LogP) is 2.48. The molecule has 1 fully saturated rings. The molecule has 1 heterocycles. The van der Waals surface area contributed by atoms with Gasteiger partial charge in [-0.05, 0) is 31.4 Å². The zero-order chi connectivity index (χ0) is 11.0. The molecule has 0 aromatic heterocycles. The Hall–Kier alpha value is -1.22. The highest BCUT2D eigenvalue weighted by Crippen LogP contribution is 2.58. The molecule has 1 aliphatic carbocycles. The van der Waals surface area contributed by atoms with Crippen molar-refractivity contribution in [2.45, 2.75) is 24.7 Å². The molecule has 0 radical (unpaired) electrons. The largest absolute Gasteiger partial charge is 0.493 e. The van der Waals surface area contributed by atoms with E-state index in [2.05, 4.69) is 0 Å². The summed E-state index contributed by atoms with van der Waals surface area (Å²) in [4.78, 5) is 0. The van der Waals surface area contributed by atoms with Gasteiger partial charge in [-0.3, -0.25) is 0 Å². The van der Waals surface area contributed by atoms with Crippen LogP contribution in [0.1, 0.15) is 24.8 Å². The van der Waals surface area contributed by atoms with Gasteiger partial charge in [-0.25, -0.2) is 0 Å². The van der Waals surface area contributed by atoms with Gasteiger partial charge in [0, 0.05) is 18.1 Å². The summed E-state index contributed by atoms with van der Waals surface area (Å²) in [5, 5.41) is 0. The molecule has 0 unspecified atom stereocenters. The molecule has 1 aromatic carbocycles. The number of fused-ring (bicyclic) bond motifs is 2. The first-order valence-corrected chi connectivity index (χ1v) is 5.74. The Morgan fingerprint density at radius 2 is 2.19 bits per heavy atom. The third-order valence-electron chi connectivity index (χ3n) is 3.54. The van der Waals surface area contributed by atoms with Gasteiger partial charge < -0.3 is 14.2 Å². The lowest BCUT2D eigenvalue weighted by Crippen LogP contribution is -2.21. The van der Waals surface area contributed by atoms with Crippen molar-refractivity contribution in [3.8, 4) is 11.5 Å². The normalized spacial score (nSPS) is 20.1. The number of rotatable bonds is 3. The molecule has 0 bridgehead atoms. The minimum Gasteiger partial charge on any atom is -0.493 e. The van der Waals surface area contributed by atoms with Gasteiger partial charge in [0.1, 0.15) is 11.5 Å². The second-order valence-corrected chi connectivity index (χ2v) is 4.56.